The lowest BCUT2D eigenvalue weighted by molar-refractivity contribution is 0.337. The minimum atomic E-state index is 0.107. The molecule has 1 aliphatic carbocycles. The standard InChI is InChI=1S/C18H17ClN2/c1-18(2)10-13-5-3-4-6-14(13)17(18)21-16-9-12(11-20)7-8-15(16)19/h3-9,17,21H,10H2,1-2H3. The Labute approximate surface area is 130 Å². The molecular weight excluding hydrogens is 280 g/mol. The second kappa shape index (κ2) is 5.09. The first-order chi connectivity index (χ1) is 10.0. The van der Waals surface area contributed by atoms with E-state index in [0.717, 1.165) is 12.1 Å². The van der Waals surface area contributed by atoms with Crippen LogP contribution in [0.4, 0.5) is 5.69 Å². The third kappa shape index (κ3) is 2.50. The largest absolute Gasteiger partial charge is 0.376 e. The van der Waals surface area contributed by atoms with Crippen molar-refractivity contribution in [2.75, 3.05) is 5.32 Å². The van der Waals surface area contributed by atoms with E-state index in [1.54, 1.807) is 12.1 Å². The van der Waals surface area contributed by atoms with Crippen molar-refractivity contribution in [3.63, 3.8) is 0 Å². The number of anilines is 1. The SMILES string of the molecule is CC1(C)Cc2ccccc2C1Nc1cc(C#N)ccc1Cl. The maximum atomic E-state index is 9.05. The normalized spacial score (nSPS) is 18.9. The second-order valence-corrected chi connectivity index (χ2v) is 6.66. The Morgan fingerprint density at radius 3 is 2.76 bits per heavy atom. The quantitative estimate of drug-likeness (QED) is 0.851. The van der Waals surface area contributed by atoms with Gasteiger partial charge in [-0.1, -0.05) is 49.7 Å². The Kier molecular flexibility index (Phi) is 3.39. The summed E-state index contributed by atoms with van der Waals surface area (Å²) in [5.74, 6) is 0. The van der Waals surface area contributed by atoms with Gasteiger partial charge in [0.2, 0.25) is 0 Å². The van der Waals surface area contributed by atoms with Gasteiger partial charge in [0.15, 0.2) is 0 Å². The van der Waals surface area contributed by atoms with Gasteiger partial charge in [0, 0.05) is 0 Å². The van der Waals surface area contributed by atoms with E-state index in [2.05, 4.69) is 49.5 Å². The lowest BCUT2D eigenvalue weighted by Gasteiger charge is -2.30. The van der Waals surface area contributed by atoms with Crippen LogP contribution in [0.2, 0.25) is 5.02 Å². The van der Waals surface area contributed by atoms with Crippen molar-refractivity contribution in [2.24, 2.45) is 5.41 Å². The van der Waals surface area contributed by atoms with Crippen LogP contribution in [0.3, 0.4) is 0 Å². The molecule has 3 rings (SSSR count). The van der Waals surface area contributed by atoms with Crippen LogP contribution in [-0.2, 0) is 6.42 Å². The minimum absolute atomic E-state index is 0.107. The average Bonchev–Trinajstić information content (AvgIpc) is 2.72. The molecule has 106 valence electrons. The summed E-state index contributed by atoms with van der Waals surface area (Å²) >= 11 is 6.28. The van der Waals surface area contributed by atoms with Crippen molar-refractivity contribution in [1.82, 2.24) is 0 Å². The number of nitriles is 1. The predicted molar refractivity (Wildman–Crippen MR) is 86.5 cm³/mol. The molecule has 21 heavy (non-hydrogen) atoms. The molecule has 0 aromatic heterocycles. The summed E-state index contributed by atoms with van der Waals surface area (Å²) in [6.07, 6.45) is 1.04. The first-order valence-electron chi connectivity index (χ1n) is 7.05. The molecule has 1 aliphatic rings. The zero-order valence-corrected chi connectivity index (χ0v) is 12.9. The molecular formula is C18H17ClN2. The number of hydrogen-bond donors (Lipinski definition) is 1. The molecule has 1 unspecified atom stereocenters. The van der Waals surface area contributed by atoms with Gasteiger partial charge < -0.3 is 5.32 Å². The molecule has 2 nitrogen and oxygen atoms in total. The zero-order chi connectivity index (χ0) is 15.0. The summed E-state index contributed by atoms with van der Waals surface area (Å²) in [6, 6.07) is 16.2. The van der Waals surface area contributed by atoms with E-state index in [1.165, 1.54) is 11.1 Å². The van der Waals surface area contributed by atoms with Crippen molar-refractivity contribution in [1.29, 1.82) is 5.26 Å². The molecule has 2 aromatic carbocycles. The first kappa shape index (κ1) is 14.0. The van der Waals surface area contributed by atoms with Crippen LogP contribution in [0.25, 0.3) is 0 Å². The van der Waals surface area contributed by atoms with Crippen molar-refractivity contribution >= 4 is 17.3 Å². The van der Waals surface area contributed by atoms with Gasteiger partial charge in [0.1, 0.15) is 0 Å². The number of nitrogens with one attached hydrogen (secondary N) is 1. The Morgan fingerprint density at radius 1 is 1.24 bits per heavy atom. The number of benzene rings is 2. The number of halogens is 1. The molecule has 0 radical (unpaired) electrons. The monoisotopic (exact) mass is 296 g/mol. The Bertz CT molecular complexity index is 728. The van der Waals surface area contributed by atoms with Crippen LogP contribution in [-0.4, -0.2) is 0 Å². The predicted octanol–water partition coefficient (Wildman–Crippen LogP) is 4.95. The highest BCUT2D eigenvalue weighted by Crippen LogP contribution is 2.47. The van der Waals surface area contributed by atoms with E-state index in [1.807, 2.05) is 6.07 Å². The highest BCUT2D eigenvalue weighted by atomic mass is 35.5. The second-order valence-electron chi connectivity index (χ2n) is 6.25. The lowest BCUT2D eigenvalue weighted by Crippen LogP contribution is -2.24. The first-order valence-corrected chi connectivity index (χ1v) is 7.43. The molecule has 1 atom stereocenters. The van der Waals surface area contributed by atoms with E-state index in [4.69, 9.17) is 16.9 Å². The molecule has 0 saturated heterocycles. The molecule has 0 heterocycles. The Balaban J connectivity index is 2.00. The van der Waals surface area contributed by atoms with Crippen LogP contribution >= 0.6 is 11.6 Å². The topological polar surface area (TPSA) is 35.8 Å². The Hall–Kier alpha value is -1.98. The highest BCUT2D eigenvalue weighted by molar-refractivity contribution is 6.33. The maximum absolute atomic E-state index is 9.05. The summed E-state index contributed by atoms with van der Waals surface area (Å²) in [5.41, 5.74) is 4.25. The molecule has 0 bridgehead atoms. The fraction of sp³-hybridized carbons (Fsp3) is 0.278. The summed E-state index contributed by atoms with van der Waals surface area (Å²) < 4.78 is 0. The maximum Gasteiger partial charge on any atom is 0.0992 e. The van der Waals surface area contributed by atoms with Gasteiger partial charge in [-0.15, -0.1) is 0 Å². The number of fused-ring (bicyclic) bond motifs is 1. The minimum Gasteiger partial charge on any atom is -0.376 e. The molecule has 2 aromatic rings. The fourth-order valence-electron chi connectivity index (χ4n) is 3.12. The van der Waals surface area contributed by atoms with Gasteiger partial charge in [-0.05, 0) is 41.2 Å². The van der Waals surface area contributed by atoms with Gasteiger partial charge in [0.25, 0.3) is 0 Å². The van der Waals surface area contributed by atoms with Gasteiger partial charge in [0.05, 0.1) is 28.4 Å². The lowest BCUT2D eigenvalue weighted by atomic mass is 9.85. The highest BCUT2D eigenvalue weighted by Gasteiger charge is 2.38. The van der Waals surface area contributed by atoms with E-state index in [9.17, 15) is 0 Å². The molecule has 3 heteroatoms. The average molecular weight is 297 g/mol. The molecule has 0 fully saturated rings. The molecule has 1 N–H and O–H groups in total. The van der Waals surface area contributed by atoms with Crippen molar-refractivity contribution in [3.8, 4) is 6.07 Å². The summed E-state index contributed by atoms with van der Waals surface area (Å²) in [7, 11) is 0. The van der Waals surface area contributed by atoms with Crippen LogP contribution in [0, 0.1) is 16.7 Å². The van der Waals surface area contributed by atoms with E-state index in [0.29, 0.717) is 10.6 Å². The Morgan fingerprint density at radius 2 is 2.00 bits per heavy atom. The molecule has 0 aliphatic heterocycles. The van der Waals surface area contributed by atoms with Gasteiger partial charge in [-0.3, -0.25) is 0 Å². The van der Waals surface area contributed by atoms with Crippen molar-refractivity contribution in [3.05, 3.63) is 64.2 Å². The zero-order valence-electron chi connectivity index (χ0n) is 12.2. The molecule has 0 amide bonds. The molecule has 0 spiro atoms. The van der Waals surface area contributed by atoms with Crippen LogP contribution in [0.5, 0.6) is 0 Å². The number of hydrogen-bond acceptors (Lipinski definition) is 2. The van der Waals surface area contributed by atoms with E-state index >= 15 is 0 Å². The third-order valence-electron chi connectivity index (χ3n) is 4.19. The van der Waals surface area contributed by atoms with Gasteiger partial charge in [-0.2, -0.15) is 5.26 Å². The summed E-state index contributed by atoms with van der Waals surface area (Å²) in [4.78, 5) is 0. The number of rotatable bonds is 2. The third-order valence-corrected chi connectivity index (χ3v) is 4.52. The van der Waals surface area contributed by atoms with Crippen LogP contribution in [0.15, 0.2) is 42.5 Å². The van der Waals surface area contributed by atoms with E-state index < -0.39 is 0 Å². The summed E-state index contributed by atoms with van der Waals surface area (Å²) in [5, 5.41) is 13.2. The van der Waals surface area contributed by atoms with Crippen LogP contribution < -0.4 is 5.32 Å². The van der Waals surface area contributed by atoms with Crippen molar-refractivity contribution < 1.29 is 0 Å². The van der Waals surface area contributed by atoms with Crippen LogP contribution in [0.1, 0.15) is 36.6 Å². The fourth-order valence-corrected chi connectivity index (χ4v) is 3.30. The smallest absolute Gasteiger partial charge is 0.0992 e. The summed E-state index contributed by atoms with van der Waals surface area (Å²) in [6.45, 7) is 4.51. The molecule has 0 saturated carbocycles. The van der Waals surface area contributed by atoms with Gasteiger partial charge in [-0.25, -0.2) is 0 Å². The number of nitrogens with zero attached hydrogens (tertiary/aromatic N) is 1. The van der Waals surface area contributed by atoms with Gasteiger partial charge >= 0.3 is 0 Å². The van der Waals surface area contributed by atoms with E-state index in [-0.39, 0.29) is 11.5 Å². The van der Waals surface area contributed by atoms with Crippen molar-refractivity contribution in [2.45, 2.75) is 26.3 Å².